The number of nitrogens with two attached hydrogens (primary N) is 1. The molecule has 4 heteroatoms. The summed E-state index contributed by atoms with van der Waals surface area (Å²) < 4.78 is 0. The van der Waals surface area contributed by atoms with Crippen LogP contribution in [0.5, 0.6) is 0 Å². The average molecular weight is 214 g/mol. The molecule has 1 saturated carbocycles. The third-order valence-corrected chi connectivity index (χ3v) is 3.38. The minimum Gasteiger partial charge on any atom is -0.480 e. The molecule has 1 aliphatic carbocycles. The first-order valence-corrected chi connectivity index (χ1v) is 5.80. The van der Waals surface area contributed by atoms with Gasteiger partial charge in [-0.3, -0.25) is 4.79 Å². The van der Waals surface area contributed by atoms with Crippen LogP contribution in [0.15, 0.2) is 0 Å². The lowest BCUT2D eigenvalue weighted by Gasteiger charge is -2.29. The molecule has 0 aromatic rings. The first-order valence-electron chi connectivity index (χ1n) is 5.80. The van der Waals surface area contributed by atoms with Gasteiger partial charge in [0.15, 0.2) is 0 Å². The van der Waals surface area contributed by atoms with Crippen LogP contribution < -0.4 is 11.1 Å². The number of carbonyl (C=O) groups is 1. The van der Waals surface area contributed by atoms with E-state index in [1.165, 1.54) is 25.7 Å². The lowest BCUT2D eigenvalue weighted by Crippen LogP contribution is -2.42. The van der Waals surface area contributed by atoms with E-state index in [2.05, 4.69) is 12.2 Å². The molecule has 4 N–H and O–H groups in total. The Kier molecular flexibility index (Phi) is 5.05. The number of hydrogen-bond acceptors (Lipinski definition) is 3. The Morgan fingerprint density at radius 1 is 1.53 bits per heavy atom. The number of carboxylic acid groups (broad SMARTS) is 1. The summed E-state index contributed by atoms with van der Waals surface area (Å²) >= 11 is 0. The predicted molar refractivity (Wildman–Crippen MR) is 59.6 cm³/mol. The SMILES string of the molecule is CC1CCCCC1CNCC(N)C(=O)O. The molecule has 0 aromatic carbocycles. The minimum absolute atomic E-state index is 0.374. The van der Waals surface area contributed by atoms with Crippen molar-refractivity contribution in [1.82, 2.24) is 5.32 Å². The van der Waals surface area contributed by atoms with Gasteiger partial charge in [-0.05, 0) is 24.8 Å². The van der Waals surface area contributed by atoms with Crippen molar-refractivity contribution < 1.29 is 9.90 Å². The van der Waals surface area contributed by atoms with Crippen LogP contribution in [0.1, 0.15) is 32.6 Å². The van der Waals surface area contributed by atoms with Gasteiger partial charge in [0.05, 0.1) is 0 Å². The Morgan fingerprint density at radius 3 is 2.80 bits per heavy atom. The molecule has 0 aromatic heterocycles. The summed E-state index contributed by atoms with van der Waals surface area (Å²) in [6.07, 6.45) is 5.21. The molecule has 0 bridgehead atoms. The van der Waals surface area contributed by atoms with E-state index in [9.17, 15) is 4.79 Å². The molecular weight excluding hydrogens is 192 g/mol. The fourth-order valence-corrected chi connectivity index (χ4v) is 2.21. The Balaban J connectivity index is 2.16. The highest BCUT2D eigenvalue weighted by Gasteiger charge is 2.21. The van der Waals surface area contributed by atoms with Gasteiger partial charge in [-0.2, -0.15) is 0 Å². The van der Waals surface area contributed by atoms with Gasteiger partial charge >= 0.3 is 5.97 Å². The van der Waals surface area contributed by atoms with Gasteiger partial charge < -0.3 is 16.2 Å². The average Bonchev–Trinajstić information content (AvgIpc) is 2.20. The quantitative estimate of drug-likeness (QED) is 0.633. The highest BCUT2D eigenvalue weighted by atomic mass is 16.4. The number of hydrogen-bond donors (Lipinski definition) is 3. The van der Waals surface area contributed by atoms with Gasteiger partial charge in [0.1, 0.15) is 6.04 Å². The summed E-state index contributed by atoms with van der Waals surface area (Å²) in [5.41, 5.74) is 5.40. The maximum atomic E-state index is 10.5. The molecule has 1 fully saturated rings. The van der Waals surface area contributed by atoms with E-state index in [1.807, 2.05) is 0 Å². The Morgan fingerprint density at radius 2 is 2.20 bits per heavy atom. The number of rotatable bonds is 5. The summed E-state index contributed by atoms with van der Waals surface area (Å²) in [5, 5.41) is 11.8. The maximum absolute atomic E-state index is 10.5. The van der Waals surface area contributed by atoms with Crippen LogP contribution in [0, 0.1) is 11.8 Å². The third kappa shape index (κ3) is 4.18. The fourth-order valence-electron chi connectivity index (χ4n) is 2.21. The number of nitrogens with one attached hydrogen (secondary N) is 1. The van der Waals surface area contributed by atoms with E-state index >= 15 is 0 Å². The van der Waals surface area contributed by atoms with Gasteiger partial charge in [-0.25, -0.2) is 0 Å². The number of carboxylic acids is 1. The fraction of sp³-hybridized carbons (Fsp3) is 0.909. The molecule has 0 amide bonds. The van der Waals surface area contributed by atoms with Crippen molar-refractivity contribution in [3.8, 4) is 0 Å². The topological polar surface area (TPSA) is 75.3 Å². The molecule has 0 heterocycles. The second-order valence-electron chi connectivity index (χ2n) is 4.62. The van der Waals surface area contributed by atoms with Crippen LogP contribution in [0.2, 0.25) is 0 Å². The first kappa shape index (κ1) is 12.5. The summed E-state index contributed by atoms with van der Waals surface area (Å²) in [6.45, 7) is 3.56. The lowest BCUT2D eigenvalue weighted by molar-refractivity contribution is -0.138. The molecular formula is C11H22N2O2. The van der Waals surface area contributed by atoms with Crippen LogP contribution in [0.3, 0.4) is 0 Å². The number of aliphatic carboxylic acids is 1. The van der Waals surface area contributed by atoms with Crippen molar-refractivity contribution >= 4 is 5.97 Å². The first-order chi connectivity index (χ1) is 7.11. The van der Waals surface area contributed by atoms with Gasteiger partial charge in [0.25, 0.3) is 0 Å². The van der Waals surface area contributed by atoms with Gasteiger partial charge in [-0.1, -0.05) is 26.2 Å². The standard InChI is InChI=1S/C11H22N2O2/c1-8-4-2-3-5-9(8)6-13-7-10(12)11(14)15/h8-10,13H,2-7,12H2,1H3,(H,14,15). The largest absolute Gasteiger partial charge is 0.480 e. The van der Waals surface area contributed by atoms with E-state index < -0.39 is 12.0 Å². The molecule has 88 valence electrons. The van der Waals surface area contributed by atoms with E-state index in [0.717, 1.165) is 12.5 Å². The Hall–Kier alpha value is -0.610. The molecule has 4 nitrogen and oxygen atoms in total. The van der Waals surface area contributed by atoms with E-state index in [1.54, 1.807) is 0 Å². The minimum atomic E-state index is -0.931. The van der Waals surface area contributed by atoms with Crippen molar-refractivity contribution in [1.29, 1.82) is 0 Å². The summed E-state index contributed by atoms with van der Waals surface area (Å²) in [7, 11) is 0. The lowest BCUT2D eigenvalue weighted by atomic mass is 9.80. The second-order valence-corrected chi connectivity index (χ2v) is 4.62. The van der Waals surface area contributed by atoms with E-state index in [0.29, 0.717) is 12.5 Å². The molecule has 0 saturated heterocycles. The van der Waals surface area contributed by atoms with Gasteiger partial charge in [0.2, 0.25) is 0 Å². The maximum Gasteiger partial charge on any atom is 0.321 e. The van der Waals surface area contributed by atoms with Crippen LogP contribution in [-0.2, 0) is 4.79 Å². The molecule has 0 spiro atoms. The zero-order valence-corrected chi connectivity index (χ0v) is 9.41. The molecule has 15 heavy (non-hydrogen) atoms. The van der Waals surface area contributed by atoms with Crippen molar-refractivity contribution in [2.45, 2.75) is 38.6 Å². The molecule has 1 rings (SSSR count). The van der Waals surface area contributed by atoms with Crippen LogP contribution in [-0.4, -0.2) is 30.2 Å². The third-order valence-electron chi connectivity index (χ3n) is 3.38. The molecule has 1 aliphatic rings. The summed E-state index contributed by atoms with van der Waals surface area (Å²) in [5.74, 6) is 0.520. The van der Waals surface area contributed by atoms with Crippen molar-refractivity contribution in [3.05, 3.63) is 0 Å². The highest BCUT2D eigenvalue weighted by Crippen LogP contribution is 2.28. The molecule has 3 atom stereocenters. The highest BCUT2D eigenvalue weighted by molar-refractivity contribution is 5.73. The summed E-state index contributed by atoms with van der Waals surface area (Å²) in [6, 6.07) is -0.774. The summed E-state index contributed by atoms with van der Waals surface area (Å²) in [4.78, 5) is 10.5. The zero-order valence-electron chi connectivity index (χ0n) is 9.41. The van der Waals surface area contributed by atoms with E-state index in [-0.39, 0.29) is 0 Å². The van der Waals surface area contributed by atoms with Crippen molar-refractivity contribution in [3.63, 3.8) is 0 Å². The molecule has 0 radical (unpaired) electrons. The Bertz CT molecular complexity index is 209. The second kappa shape index (κ2) is 6.08. The van der Waals surface area contributed by atoms with Gasteiger partial charge in [-0.15, -0.1) is 0 Å². The van der Waals surface area contributed by atoms with E-state index in [4.69, 9.17) is 10.8 Å². The molecule has 3 unspecified atom stereocenters. The van der Waals surface area contributed by atoms with Crippen LogP contribution in [0.4, 0.5) is 0 Å². The van der Waals surface area contributed by atoms with Crippen molar-refractivity contribution in [2.24, 2.45) is 17.6 Å². The normalized spacial score (nSPS) is 28.7. The zero-order chi connectivity index (χ0) is 11.3. The van der Waals surface area contributed by atoms with Crippen LogP contribution in [0.25, 0.3) is 0 Å². The predicted octanol–water partition coefficient (Wildman–Crippen LogP) is 0.814. The van der Waals surface area contributed by atoms with Gasteiger partial charge in [0, 0.05) is 6.54 Å². The van der Waals surface area contributed by atoms with Crippen LogP contribution >= 0.6 is 0 Å². The smallest absolute Gasteiger partial charge is 0.321 e. The van der Waals surface area contributed by atoms with Crippen molar-refractivity contribution in [2.75, 3.05) is 13.1 Å². The molecule has 0 aliphatic heterocycles. The monoisotopic (exact) mass is 214 g/mol. The Labute approximate surface area is 91.2 Å².